The Morgan fingerprint density at radius 3 is 1.50 bits per heavy atom. The summed E-state index contributed by atoms with van der Waals surface area (Å²) >= 11 is 0. The second kappa shape index (κ2) is 17.3. The van der Waals surface area contributed by atoms with Crippen molar-refractivity contribution >= 4 is 0 Å². The van der Waals surface area contributed by atoms with Crippen molar-refractivity contribution in [3.05, 3.63) is 0 Å². The van der Waals surface area contributed by atoms with E-state index in [4.69, 9.17) is 0 Å². The molecule has 0 aromatic carbocycles. The van der Waals surface area contributed by atoms with Gasteiger partial charge in [0.05, 0.1) is 0 Å². The zero-order valence-electron chi connectivity index (χ0n) is 11.5. The van der Waals surface area contributed by atoms with Gasteiger partial charge in [0.1, 0.15) is 0 Å². The molecule has 0 aliphatic rings. The number of nitrogens with one attached hydrogen (secondary N) is 1. The molecule has 0 radical (unpaired) electrons. The third-order valence-electron chi connectivity index (χ3n) is 2.96. The Balaban J connectivity index is 0. The molecular formula is C14H33NO. The van der Waals surface area contributed by atoms with Gasteiger partial charge in [0.15, 0.2) is 0 Å². The summed E-state index contributed by atoms with van der Waals surface area (Å²) in [6.07, 6.45) is 14.3. The first kappa shape index (κ1) is 18.3. The van der Waals surface area contributed by atoms with Crippen molar-refractivity contribution < 1.29 is 5.48 Å². The van der Waals surface area contributed by atoms with Crippen LogP contribution in [0, 0.1) is 0 Å². The Kier molecular flexibility index (Phi) is 19.8. The second-order valence-electron chi connectivity index (χ2n) is 4.54. The monoisotopic (exact) mass is 231 g/mol. The molecule has 100 valence electrons. The molecule has 0 saturated heterocycles. The molecule has 0 fully saturated rings. The second-order valence-corrected chi connectivity index (χ2v) is 4.54. The standard InChI is InChI=1S/C14H31N.H2O/c1-3-5-6-7-8-9-10-11-12-13-14-15-4-2;/h15H,3-14H2,1-2H3;1H2. The fraction of sp³-hybridized carbons (Fsp3) is 1.00. The van der Waals surface area contributed by atoms with E-state index in [1.54, 1.807) is 0 Å². The Morgan fingerprint density at radius 2 is 1.06 bits per heavy atom. The van der Waals surface area contributed by atoms with Gasteiger partial charge >= 0.3 is 0 Å². The minimum absolute atomic E-state index is 0. The van der Waals surface area contributed by atoms with E-state index in [9.17, 15) is 0 Å². The Hall–Kier alpha value is -0.0800. The molecule has 0 aromatic rings. The Labute approximate surface area is 103 Å². The summed E-state index contributed by atoms with van der Waals surface area (Å²) in [5.41, 5.74) is 0. The van der Waals surface area contributed by atoms with Gasteiger partial charge in [-0.15, -0.1) is 0 Å². The highest BCUT2D eigenvalue weighted by molar-refractivity contribution is 4.49. The summed E-state index contributed by atoms with van der Waals surface area (Å²) in [5, 5.41) is 3.37. The van der Waals surface area contributed by atoms with Crippen LogP contribution in [0.4, 0.5) is 0 Å². The lowest BCUT2D eigenvalue weighted by Crippen LogP contribution is -2.13. The molecular weight excluding hydrogens is 198 g/mol. The van der Waals surface area contributed by atoms with Gasteiger partial charge in [-0.3, -0.25) is 0 Å². The van der Waals surface area contributed by atoms with Crippen molar-refractivity contribution in [3.8, 4) is 0 Å². The fourth-order valence-electron chi connectivity index (χ4n) is 1.91. The smallest absolute Gasteiger partial charge is 0.00490 e. The van der Waals surface area contributed by atoms with Gasteiger partial charge in [-0.2, -0.15) is 0 Å². The van der Waals surface area contributed by atoms with Crippen LogP contribution in [0.5, 0.6) is 0 Å². The van der Waals surface area contributed by atoms with E-state index in [1.165, 1.54) is 70.8 Å². The molecule has 0 rings (SSSR count). The molecule has 16 heavy (non-hydrogen) atoms. The number of hydrogen-bond acceptors (Lipinski definition) is 1. The molecule has 0 aliphatic carbocycles. The molecule has 0 aliphatic heterocycles. The largest absolute Gasteiger partial charge is 0.412 e. The number of rotatable bonds is 12. The first-order chi connectivity index (χ1) is 7.41. The van der Waals surface area contributed by atoms with E-state index in [1.807, 2.05) is 0 Å². The molecule has 0 spiro atoms. The van der Waals surface area contributed by atoms with Gasteiger partial charge in [0.25, 0.3) is 0 Å². The topological polar surface area (TPSA) is 43.5 Å². The number of unbranched alkanes of at least 4 members (excludes halogenated alkanes) is 9. The van der Waals surface area contributed by atoms with Crippen molar-refractivity contribution in [2.45, 2.75) is 78.1 Å². The highest BCUT2D eigenvalue weighted by Crippen LogP contribution is 2.10. The zero-order valence-corrected chi connectivity index (χ0v) is 11.5. The third kappa shape index (κ3) is 16.4. The van der Waals surface area contributed by atoms with Crippen molar-refractivity contribution in [3.63, 3.8) is 0 Å². The predicted octanol–water partition coefficient (Wildman–Crippen LogP) is 3.69. The molecule has 2 nitrogen and oxygen atoms in total. The van der Waals surface area contributed by atoms with Crippen LogP contribution < -0.4 is 5.32 Å². The van der Waals surface area contributed by atoms with Crippen molar-refractivity contribution in [2.24, 2.45) is 0 Å². The first-order valence-electron chi connectivity index (χ1n) is 7.12. The van der Waals surface area contributed by atoms with Crippen LogP contribution in [0.3, 0.4) is 0 Å². The summed E-state index contributed by atoms with van der Waals surface area (Å²) in [6, 6.07) is 0. The molecule has 0 amide bonds. The van der Waals surface area contributed by atoms with Crippen molar-refractivity contribution in [1.29, 1.82) is 0 Å². The van der Waals surface area contributed by atoms with E-state index in [0.717, 1.165) is 6.54 Å². The quantitative estimate of drug-likeness (QED) is 0.511. The van der Waals surface area contributed by atoms with Crippen LogP contribution in [0.15, 0.2) is 0 Å². The maximum Gasteiger partial charge on any atom is -0.00490 e. The van der Waals surface area contributed by atoms with Crippen molar-refractivity contribution in [1.82, 2.24) is 5.32 Å². The van der Waals surface area contributed by atoms with Crippen LogP contribution in [-0.4, -0.2) is 18.6 Å². The molecule has 2 heteroatoms. The van der Waals surface area contributed by atoms with Crippen LogP contribution in [0.1, 0.15) is 78.1 Å². The normalized spacial score (nSPS) is 10.1. The average Bonchev–Trinajstić information content (AvgIpc) is 2.26. The highest BCUT2D eigenvalue weighted by Gasteiger charge is 1.91. The summed E-state index contributed by atoms with van der Waals surface area (Å²) in [7, 11) is 0. The number of hydrogen-bond donors (Lipinski definition) is 1. The lowest BCUT2D eigenvalue weighted by atomic mass is 10.1. The van der Waals surface area contributed by atoms with E-state index < -0.39 is 0 Å². The summed E-state index contributed by atoms with van der Waals surface area (Å²) in [6.45, 7) is 6.80. The van der Waals surface area contributed by atoms with E-state index in [-0.39, 0.29) is 5.48 Å². The minimum atomic E-state index is 0. The van der Waals surface area contributed by atoms with E-state index >= 15 is 0 Å². The minimum Gasteiger partial charge on any atom is -0.412 e. The fourth-order valence-corrected chi connectivity index (χ4v) is 1.91. The average molecular weight is 231 g/mol. The van der Waals surface area contributed by atoms with Gasteiger partial charge in [0, 0.05) is 0 Å². The molecule has 0 aromatic heterocycles. The molecule has 0 unspecified atom stereocenters. The van der Waals surface area contributed by atoms with Crippen LogP contribution in [-0.2, 0) is 0 Å². The first-order valence-corrected chi connectivity index (χ1v) is 7.12. The summed E-state index contributed by atoms with van der Waals surface area (Å²) in [5.74, 6) is 0. The molecule has 3 N–H and O–H groups in total. The highest BCUT2D eigenvalue weighted by atomic mass is 16.0. The maximum atomic E-state index is 3.37. The van der Waals surface area contributed by atoms with Crippen LogP contribution in [0.2, 0.25) is 0 Å². The lowest BCUT2D eigenvalue weighted by molar-refractivity contribution is 0.547. The molecule has 0 heterocycles. The van der Waals surface area contributed by atoms with Crippen molar-refractivity contribution in [2.75, 3.05) is 13.1 Å². The SMILES string of the molecule is CCCCCCCCCCCCNCC.O. The van der Waals surface area contributed by atoms with Gasteiger partial charge in [-0.1, -0.05) is 71.6 Å². The molecule has 0 atom stereocenters. The van der Waals surface area contributed by atoms with Gasteiger partial charge in [-0.25, -0.2) is 0 Å². The van der Waals surface area contributed by atoms with Crippen LogP contribution in [0.25, 0.3) is 0 Å². The Bertz CT molecular complexity index is 94.9. The van der Waals surface area contributed by atoms with E-state index in [0.29, 0.717) is 0 Å². The molecule has 0 bridgehead atoms. The van der Waals surface area contributed by atoms with E-state index in [2.05, 4.69) is 19.2 Å². The van der Waals surface area contributed by atoms with Gasteiger partial charge in [-0.05, 0) is 19.5 Å². The zero-order chi connectivity index (χ0) is 11.2. The summed E-state index contributed by atoms with van der Waals surface area (Å²) in [4.78, 5) is 0. The van der Waals surface area contributed by atoms with Crippen LogP contribution >= 0.6 is 0 Å². The van der Waals surface area contributed by atoms with Gasteiger partial charge < -0.3 is 10.8 Å². The maximum absolute atomic E-state index is 3.37. The molecule has 0 saturated carbocycles. The lowest BCUT2D eigenvalue weighted by Gasteiger charge is -2.02. The summed E-state index contributed by atoms with van der Waals surface area (Å²) < 4.78 is 0. The predicted molar refractivity (Wildman–Crippen MR) is 74.0 cm³/mol. The van der Waals surface area contributed by atoms with Gasteiger partial charge in [0.2, 0.25) is 0 Å². The third-order valence-corrected chi connectivity index (χ3v) is 2.96. The Morgan fingerprint density at radius 1 is 0.625 bits per heavy atom.